The second-order valence-electron chi connectivity index (χ2n) is 7.12. The van der Waals surface area contributed by atoms with Gasteiger partial charge in [-0.3, -0.25) is 25.8 Å². The summed E-state index contributed by atoms with van der Waals surface area (Å²) in [7, 11) is -3.80. The third kappa shape index (κ3) is 5.16. The predicted octanol–water partition coefficient (Wildman–Crippen LogP) is 3.16. The molecule has 1 aliphatic heterocycles. The minimum Gasteiger partial charge on any atom is -0.292 e. The van der Waals surface area contributed by atoms with Gasteiger partial charge in [0.2, 0.25) is 15.9 Å². The molecule has 1 atom stereocenters. The van der Waals surface area contributed by atoms with Gasteiger partial charge in [0, 0.05) is 19.2 Å². The van der Waals surface area contributed by atoms with Crippen LogP contribution >= 0.6 is 0 Å². The van der Waals surface area contributed by atoms with E-state index in [0.717, 1.165) is 6.07 Å². The number of amides is 1. The number of rotatable bonds is 6. The number of hydrazine groups is 1. The summed E-state index contributed by atoms with van der Waals surface area (Å²) < 4.78 is 65.2. The van der Waals surface area contributed by atoms with Gasteiger partial charge in [-0.1, -0.05) is 18.2 Å². The predicted molar refractivity (Wildman–Crippen MR) is 108 cm³/mol. The van der Waals surface area contributed by atoms with Gasteiger partial charge in [0.1, 0.15) is 5.69 Å². The number of carbonyl (C=O) groups excluding carboxylic acids is 1. The zero-order valence-corrected chi connectivity index (χ0v) is 17.3. The Bertz CT molecular complexity index is 1110. The van der Waals surface area contributed by atoms with E-state index in [2.05, 4.69) is 10.9 Å². The molecule has 0 spiro atoms. The molecule has 1 amide bonds. The van der Waals surface area contributed by atoms with E-state index in [1.54, 1.807) is 18.2 Å². The Labute approximate surface area is 181 Å². The van der Waals surface area contributed by atoms with Crippen molar-refractivity contribution in [3.8, 4) is 0 Å². The van der Waals surface area contributed by atoms with Gasteiger partial charge in [0.15, 0.2) is 0 Å². The van der Waals surface area contributed by atoms with Crippen LogP contribution in [0.5, 0.6) is 0 Å². The number of sulfonamides is 1. The van der Waals surface area contributed by atoms with Crippen molar-refractivity contribution >= 4 is 27.3 Å². The van der Waals surface area contributed by atoms with E-state index in [4.69, 9.17) is 0 Å². The van der Waals surface area contributed by atoms with Crippen molar-refractivity contribution in [1.29, 1.82) is 0 Å². The van der Waals surface area contributed by atoms with E-state index in [1.165, 1.54) is 16.4 Å². The average molecular weight is 472 g/mol. The van der Waals surface area contributed by atoms with Crippen LogP contribution in [-0.2, 0) is 21.0 Å². The molecule has 9 nitrogen and oxygen atoms in total. The Hall–Kier alpha value is -3.19. The van der Waals surface area contributed by atoms with E-state index in [9.17, 15) is 36.5 Å². The number of alkyl halides is 3. The molecule has 172 valence electrons. The van der Waals surface area contributed by atoms with Crippen LogP contribution in [-0.4, -0.2) is 36.6 Å². The van der Waals surface area contributed by atoms with Crippen LogP contribution in [0, 0.1) is 16.0 Å². The zero-order chi connectivity index (χ0) is 23.5. The topological polar surface area (TPSA) is 122 Å². The molecule has 1 unspecified atom stereocenters. The largest absolute Gasteiger partial charge is 0.416 e. The number of hydrogen-bond donors (Lipinski definition) is 2. The molecule has 2 N–H and O–H groups in total. The summed E-state index contributed by atoms with van der Waals surface area (Å²) in [6, 6.07) is 9.60. The third-order valence-corrected chi connectivity index (χ3v) is 6.86. The number of anilines is 1. The maximum absolute atomic E-state index is 12.8. The highest BCUT2D eigenvalue weighted by Crippen LogP contribution is 2.34. The molecule has 1 fully saturated rings. The van der Waals surface area contributed by atoms with E-state index < -0.39 is 44.2 Å². The van der Waals surface area contributed by atoms with Gasteiger partial charge in [0.25, 0.3) is 5.69 Å². The van der Waals surface area contributed by atoms with Crippen LogP contribution in [0.25, 0.3) is 0 Å². The summed E-state index contributed by atoms with van der Waals surface area (Å²) >= 11 is 0. The van der Waals surface area contributed by atoms with Crippen molar-refractivity contribution in [3.05, 3.63) is 64.2 Å². The Balaban J connectivity index is 1.69. The summed E-state index contributed by atoms with van der Waals surface area (Å²) in [6.07, 6.45) is -3.96. The van der Waals surface area contributed by atoms with Gasteiger partial charge in [-0.2, -0.15) is 17.5 Å². The standard InChI is InChI=1S/C19H19F3N4O5S/c20-19(21,22)14-8-9-16(17(11-14)26(28)29)23-24-18(27)13-5-4-10-25(12-13)32(30,31)15-6-2-1-3-7-15/h1-3,6-9,11,13,23H,4-5,10,12H2,(H,24,27). The first kappa shape index (κ1) is 23.5. The Morgan fingerprint density at radius 1 is 1.16 bits per heavy atom. The number of hydrogen-bond acceptors (Lipinski definition) is 6. The average Bonchev–Trinajstić information content (AvgIpc) is 2.77. The second-order valence-corrected chi connectivity index (χ2v) is 9.05. The number of nitrogens with zero attached hydrogens (tertiary/aromatic N) is 2. The molecule has 0 aromatic heterocycles. The molecule has 3 rings (SSSR count). The second kappa shape index (κ2) is 9.12. The lowest BCUT2D eigenvalue weighted by Crippen LogP contribution is -2.46. The Morgan fingerprint density at radius 2 is 1.84 bits per heavy atom. The number of nitrogens with one attached hydrogen (secondary N) is 2. The van der Waals surface area contributed by atoms with Gasteiger partial charge in [-0.25, -0.2) is 8.42 Å². The summed E-state index contributed by atoms with van der Waals surface area (Å²) in [5.41, 5.74) is 2.12. The number of piperidine rings is 1. The first-order valence-electron chi connectivity index (χ1n) is 9.47. The number of nitro benzene ring substituents is 1. The summed E-state index contributed by atoms with van der Waals surface area (Å²) in [6.45, 7) is 0.138. The van der Waals surface area contributed by atoms with Gasteiger partial charge in [0.05, 0.1) is 21.3 Å². The molecule has 0 saturated carbocycles. The normalized spacial score (nSPS) is 17.5. The van der Waals surface area contributed by atoms with Crippen molar-refractivity contribution in [1.82, 2.24) is 9.73 Å². The first-order valence-corrected chi connectivity index (χ1v) is 10.9. The van der Waals surface area contributed by atoms with Crippen LogP contribution in [0.2, 0.25) is 0 Å². The first-order chi connectivity index (χ1) is 15.0. The van der Waals surface area contributed by atoms with Gasteiger partial charge in [-0.05, 0) is 37.1 Å². The van der Waals surface area contributed by atoms with Crippen LogP contribution in [0.4, 0.5) is 24.5 Å². The number of halogens is 3. The molecule has 1 heterocycles. The summed E-state index contributed by atoms with van der Waals surface area (Å²) in [5.74, 6) is -1.38. The van der Waals surface area contributed by atoms with Crippen LogP contribution in [0.15, 0.2) is 53.4 Å². The fraction of sp³-hybridized carbons (Fsp3) is 0.316. The molecule has 32 heavy (non-hydrogen) atoms. The molecule has 2 aromatic carbocycles. The maximum atomic E-state index is 12.8. The van der Waals surface area contributed by atoms with Gasteiger partial charge < -0.3 is 0 Å². The molecule has 0 aliphatic carbocycles. The fourth-order valence-corrected chi connectivity index (χ4v) is 4.86. The van der Waals surface area contributed by atoms with Crippen molar-refractivity contribution < 1.29 is 31.3 Å². The number of carbonyl (C=O) groups is 1. The van der Waals surface area contributed by atoms with Crippen LogP contribution < -0.4 is 10.9 Å². The molecule has 1 aliphatic rings. The minimum absolute atomic E-state index is 0.0968. The van der Waals surface area contributed by atoms with Gasteiger partial charge >= 0.3 is 6.18 Å². The highest BCUT2D eigenvalue weighted by molar-refractivity contribution is 7.89. The lowest BCUT2D eigenvalue weighted by Gasteiger charge is -2.31. The minimum atomic E-state index is -4.76. The third-order valence-electron chi connectivity index (χ3n) is 4.98. The molecule has 0 radical (unpaired) electrons. The smallest absolute Gasteiger partial charge is 0.292 e. The molecular formula is C19H19F3N4O5S. The lowest BCUT2D eigenvalue weighted by atomic mass is 9.99. The van der Waals surface area contributed by atoms with E-state index in [0.29, 0.717) is 25.0 Å². The van der Waals surface area contributed by atoms with E-state index >= 15 is 0 Å². The lowest BCUT2D eigenvalue weighted by molar-refractivity contribution is -0.384. The van der Waals surface area contributed by atoms with Crippen molar-refractivity contribution in [3.63, 3.8) is 0 Å². The maximum Gasteiger partial charge on any atom is 0.416 e. The number of nitro groups is 1. The molecular weight excluding hydrogens is 453 g/mol. The molecule has 0 bridgehead atoms. The number of benzene rings is 2. The Morgan fingerprint density at radius 3 is 2.47 bits per heavy atom. The van der Waals surface area contributed by atoms with Crippen LogP contribution in [0.1, 0.15) is 18.4 Å². The van der Waals surface area contributed by atoms with Crippen LogP contribution in [0.3, 0.4) is 0 Å². The highest BCUT2D eigenvalue weighted by atomic mass is 32.2. The highest BCUT2D eigenvalue weighted by Gasteiger charge is 2.35. The molecule has 13 heteroatoms. The SMILES string of the molecule is O=C(NNc1ccc(C(F)(F)F)cc1[N+](=O)[O-])C1CCCN(S(=O)(=O)c2ccccc2)C1. The summed E-state index contributed by atoms with van der Waals surface area (Å²) in [5, 5.41) is 11.1. The monoisotopic (exact) mass is 472 g/mol. The molecule has 2 aromatic rings. The Kier molecular flexibility index (Phi) is 6.69. The van der Waals surface area contributed by atoms with E-state index in [1.807, 2.05) is 0 Å². The summed E-state index contributed by atoms with van der Waals surface area (Å²) in [4.78, 5) is 22.8. The van der Waals surface area contributed by atoms with E-state index in [-0.39, 0.29) is 23.7 Å². The quantitative estimate of drug-likeness (QED) is 0.492. The fourth-order valence-electron chi connectivity index (χ4n) is 3.31. The van der Waals surface area contributed by atoms with Crippen molar-refractivity contribution in [2.45, 2.75) is 23.9 Å². The van der Waals surface area contributed by atoms with Gasteiger partial charge in [-0.15, -0.1) is 0 Å². The zero-order valence-electron chi connectivity index (χ0n) is 16.5. The molecule has 1 saturated heterocycles. The van der Waals surface area contributed by atoms with Crippen molar-refractivity contribution in [2.75, 3.05) is 18.5 Å². The van der Waals surface area contributed by atoms with Crippen molar-refractivity contribution in [2.24, 2.45) is 5.92 Å².